The van der Waals surface area contributed by atoms with E-state index < -0.39 is 13.9 Å². The predicted molar refractivity (Wildman–Crippen MR) is 94.2 cm³/mol. The zero-order chi connectivity index (χ0) is 15.6. The minimum absolute atomic E-state index is 1.20. The van der Waals surface area contributed by atoms with Crippen LogP contribution in [0.5, 0.6) is 0 Å². The normalized spacial score (nSPS) is 12.9. The standard InChI is InChI=1S/C16H39GeN3/c1-8-15-16-17(18(9-2)10-3,19(11-4)12-5)20(13-6)14-7/h8-16H2,1-7H3. The van der Waals surface area contributed by atoms with Gasteiger partial charge in [0.2, 0.25) is 0 Å². The molecule has 3 nitrogen and oxygen atoms in total. The Hall–Kier alpha value is 0.423. The van der Waals surface area contributed by atoms with Gasteiger partial charge in [-0.15, -0.1) is 0 Å². The van der Waals surface area contributed by atoms with Gasteiger partial charge in [0.25, 0.3) is 0 Å². The Morgan fingerprint density at radius 1 is 0.550 bits per heavy atom. The maximum absolute atomic E-state index is 2.86. The summed E-state index contributed by atoms with van der Waals surface area (Å²) >= 11 is -2.34. The van der Waals surface area contributed by atoms with Gasteiger partial charge in [-0.1, -0.05) is 0 Å². The molecule has 0 atom stereocenters. The Bertz CT molecular complexity index is 192. The first-order valence-corrected chi connectivity index (χ1v) is 13.2. The van der Waals surface area contributed by atoms with Crippen molar-refractivity contribution in [3.8, 4) is 0 Å². The van der Waals surface area contributed by atoms with E-state index in [4.69, 9.17) is 0 Å². The zero-order valence-electron chi connectivity index (χ0n) is 15.2. The van der Waals surface area contributed by atoms with Gasteiger partial charge in [-0.2, -0.15) is 0 Å². The summed E-state index contributed by atoms with van der Waals surface area (Å²) in [5, 5.41) is 1.43. The molecule has 122 valence electrons. The third kappa shape index (κ3) is 4.46. The molecule has 0 aliphatic carbocycles. The molecule has 0 saturated carbocycles. The van der Waals surface area contributed by atoms with E-state index in [1.807, 2.05) is 0 Å². The van der Waals surface area contributed by atoms with Crippen LogP contribution in [0.1, 0.15) is 61.3 Å². The van der Waals surface area contributed by atoms with Crippen molar-refractivity contribution >= 4 is 13.9 Å². The topological polar surface area (TPSA) is 9.72 Å². The molecule has 0 saturated heterocycles. The van der Waals surface area contributed by atoms with Crippen LogP contribution in [-0.4, -0.2) is 64.8 Å². The quantitative estimate of drug-likeness (QED) is 0.499. The van der Waals surface area contributed by atoms with Crippen LogP contribution < -0.4 is 0 Å². The van der Waals surface area contributed by atoms with Gasteiger partial charge in [-0.3, -0.25) is 0 Å². The molecule has 4 heteroatoms. The van der Waals surface area contributed by atoms with Crippen molar-refractivity contribution in [1.29, 1.82) is 0 Å². The van der Waals surface area contributed by atoms with Gasteiger partial charge in [0.1, 0.15) is 0 Å². The Labute approximate surface area is 131 Å². The van der Waals surface area contributed by atoms with Crippen LogP contribution in [0.25, 0.3) is 0 Å². The Morgan fingerprint density at radius 2 is 0.850 bits per heavy atom. The van der Waals surface area contributed by atoms with Crippen molar-refractivity contribution in [1.82, 2.24) is 11.6 Å². The molecule has 0 radical (unpaired) electrons. The average molecular weight is 346 g/mol. The van der Waals surface area contributed by atoms with E-state index in [-0.39, 0.29) is 0 Å². The molecule has 0 aromatic rings. The molecule has 0 aliphatic heterocycles. The third-order valence-electron chi connectivity index (χ3n) is 4.68. The van der Waals surface area contributed by atoms with Gasteiger partial charge in [0, 0.05) is 0 Å². The van der Waals surface area contributed by atoms with E-state index in [2.05, 4.69) is 60.0 Å². The van der Waals surface area contributed by atoms with E-state index >= 15 is 0 Å². The molecular weight excluding hydrogens is 307 g/mol. The molecule has 0 N–H and O–H groups in total. The SMILES string of the molecule is CCC[CH2][Ge]([N](CC)CC)([N](CC)CC)[N](CC)CC. The van der Waals surface area contributed by atoms with Crippen molar-refractivity contribution in [2.24, 2.45) is 0 Å². The van der Waals surface area contributed by atoms with Crippen molar-refractivity contribution in [2.45, 2.75) is 66.6 Å². The van der Waals surface area contributed by atoms with Crippen molar-refractivity contribution in [3.63, 3.8) is 0 Å². The molecule has 0 heterocycles. The summed E-state index contributed by atoms with van der Waals surface area (Å²) in [4.78, 5) is 0. The van der Waals surface area contributed by atoms with Gasteiger partial charge < -0.3 is 0 Å². The molecule has 0 rings (SSSR count). The second kappa shape index (κ2) is 11.1. The van der Waals surface area contributed by atoms with Crippen molar-refractivity contribution in [3.05, 3.63) is 0 Å². The molecule has 0 spiro atoms. The molecule has 0 fully saturated rings. The summed E-state index contributed by atoms with van der Waals surface area (Å²) in [7, 11) is 0. The second-order valence-corrected chi connectivity index (χ2v) is 13.7. The predicted octanol–water partition coefficient (Wildman–Crippen LogP) is 3.75. The van der Waals surface area contributed by atoms with Crippen LogP contribution in [0.15, 0.2) is 0 Å². The van der Waals surface area contributed by atoms with E-state index in [9.17, 15) is 0 Å². The first kappa shape index (κ1) is 20.4. The van der Waals surface area contributed by atoms with Crippen LogP contribution in [0.3, 0.4) is 0 Å². The molecule has 0 amide bonds. The van der Waals surface area contributed by atoms with Crippen molar-refractivity contribution in [2.75, 3.05) is 39.3 Å². The summed E-state index contributed by atoms with van der Waals surface area (Å²) in [6, 6.07) is 0. The molecule has 0 aliphatic rings. The summed E-state index contributed by atoms with van der Waals surface area (Å²) in [5.41, 5.74) is 0. The Morgan fingerprint density at radius 3 is 1.05 bits per heavy atom. The fourth-order valence-corrected chi connectivity index (χ4v) is 16.3. The summed E-state index contributed by atoms with van der Waals surface area (Å²) in [5.74, 6) is 0. The van der Waals surface area contributed by atoms with Crippen LogP contribution >= 0.6 is 0 Å². The first-order valence-electron chi connectivity index (χ1n) is 8.87. The fourth-order valence-electron chi connectivity index (χ4n) is 3.68. The van der Waals surface area contributed by atoms with Gasteiger partial charge in [0.15, 0.2) is 0 Å². The van der Waals surface area contributed by atoms with E-state index in [1.165, 1.54) is 57.4 Å². The summed E-state index contributed by atoms with van der Waals surface area (Å²) in [6.45, 7) is 23.6. The number of rotatable bonds is 12. The average Bonchev–Trinajstić information content (AvgIpc) is 2.48. The Kier molecular flexibility index (Phi) is 11.3. The molecule has 0 aromatic carbocycles. The van der Waals surface area contributed by atoms with Crippen LogP contribution in [0.2, 0.25) is 5.25 Å². The molecule has 0 bridgehead atoms. The number of unbranched alkanes of at least 4 members (excludes halogenated alkanes) is 1. The monoisotopic (exact) mass is 347 g/mol. The van der Waals surface area contributed by atoms with Crippen LogP contribution in [0.4, 0.5) is 0 Å². The number of hydrogen-bond donors (Lipinski definition) is 0. The summed E-state index contributed by atoms with van der Waals surface area (Å²) in [6.07, 6.45) is 2.69. The molecule has 20 heavy (non-hydrogen) atoms. The van der Waals surface area contributed by atoms with Crippen molar-refractivity contribution < 1.29 is 0 Å². The first-order chi connectivity index (χ1) is 9.62. The van der Waals surface area contributed by atoms with E-state index in [0.717, 1.165) is 0 Å². The van der Waals surface area contributed by atoms with Gasteiger partial charge in [-0.25, -0.2) is 0 Å². The summed E-state index contributed by atoms with van der Waals surface area (Å²) < 4.78 is 8.57. The van der Waals surface area contributed by atoms with Gasteiger partial charge in [0.05, 0.1) is 0 Å². The fraction of sp³-hybridized carbons (Fsp3) is 1.00. The van der Waals surface area contributed by atoms with Gasteiger partial charge in [-0.05, 0) is 0 Å². The number of nitrogens with zero attached hydrogens (tertiary/aromatic N) is 3. The molecule has 0 aromatic heterocycles. The van der Waals surface area contributed by atoms with Crippen LogP contribution in [-0.2, 0) is 0 Å². The zero-order valence-corrected chi connectivity index (χ0v) is 17.3. The Balaban J connectivity index is 5.70. The second-order valence-electron chi connectivity index (χ2n) is 5.39. The van der Waals surface area contributed by atoms with E-state index in [0.29, 0.717) is 0 Å². The third-order valence-corrected chi connectivity index (χ3v) is 17.2. The van der Waals surface area contributed by atoms with Gasteiger partial charge >= 0.3 is 131 Å². The minimum atomic E-state index is -2.34. The number of hydrogen-bond acceptors (Lipinski definition) is 3. The maximum atomic E-state index is 2.86. The molecular formula is C16H39GeN3. The van der Waals surface area contributed by atoms with Crippen LogP contribution in [0, 0.1) is 0 Å². The van der Waals surface area contributed by atoms with E-state index in [1.54, 1.807) is 0 Å². The molecule has 0 unspecified atom stereocenters.